The molecule has 0 bridgehead atoms. The lowest BCUT2D eigenvalue weighted by molar-refractivity contribution is 0.0912. The zero-order chi connectivity index (χ0) is 14.9. The largest absolute Gasteiger partial charge is 0.387 e. The number of β-amino-alcohol motifs (C(OH)–C–C–N with tert-alkyl or cyclic N) is 1. The third-order valence-corrected chi connectivity index (χ3v) is 5.34. The monoisotopic (exact) mass is 297 g/mol. The number of hydrogen-bond donors (Lipinski definition) is 1. The van der Waals surface area contributed by atoms with Crippen molar-refractivity contribution in [3.8, 4) is 0 Å². The minimum Gasteiger partial charge on any atom is -0.387 e. The summed E-state index contributed by atoms with van der Waals surface area (Å²) in [6, 6.07) is 7.51. The van der Waals surface area contributed by atoms with Crippen molar-refractivity contribution < 1.29 is 13.5 Å². The number of sulfone groups is 1. The van der Waals surface area contributed by atoms with E-state index in [-0.39, 0.29) is 4.90 Å². The molecule has 1 aromatic carbocycles. The van der Waals surface area contributed by atoms with E-state index >= 15 is 0 Å². The topological polar surface area (TPSA) is 57.6 Å². The van der Waals surface area contributed by atoms with E-state index in [2.05, 4.69) is 18.7 Å². The number of rotatable bonds is 4. The SMILES string of the molecule is CC1CCC(C)N1CC(O)c1ccc(S(C)(=O)=O)cc1. The molecule has 1 fully saturated rings. The summed E-state index contributed by atoms with van der Waals surface area (Å²) < 4.78 is 22.8. The molecule has 112 valence electrons. The fourth-order valence-electron chi connectivity index (χ4n) is 2.85. The fourth-order valence-corrected chi connectivity index (χ4v) is 3.48. The molecule has 0 saturated carbocycles. The first-order valence-corrected chi connectivity index (χ1v) is 8.92. The Morgan fingerprint density at radius 3 is 2.15 bits per heavy atom. The first-order valence-electron chi connectivity index (χ1n) is 7.03. The van der Waals surface area contributed by atoms with Crippen LogP contribution < -0.4 is 0 Å². The lowest BCUT2D eigenvalue weighted by atomic mass is 10.1. The van der Waals surface area contributed by atoms with Gasteiger partial charge in [0.25, 0.3) is 0 Å². The van der Waals surface area contributed by atoms with E-state index in [4.69, 9.17) is 0 Å². The fraction of sp³-hybridized carbons (Fsp3) is 0.600. The van der Waals surface area contributed by atoms with Gasteiger partial charge in [-0.15, -0.1) is 0 Å². The van der Waals surface area contributed by atoms with Crippen LogP contribution in [0.3, 0.4) is 0 Å². The van der Waals surface area contributed by atoms with Crippen molar-refractivity contribution in [1.29, 1.82) is 0 Å². The van der Waals surface area contributed by atoms with Gasteiger partial charge in [0.1, 0.15) is 0 Å². The summed E-state index contributed by atoms with van der Waals surface area (Å²) in [5, 5.41) is 10.3. The zero-order valence-corrected chi connectivity index (χ0v) is 13.1. The maximum absolute atomic E-state index is 11.4. The predicted octanol–water partition coefficient (Wildman–Crippen LogP) is 2.00. The lowest BCUT2D eigenvalue weighted by Crippen LogP contribution is -2.36. The van der Waals surface area contributed by atoms with Gasteiger partial charge in [0.15, 0.2) is 9.84 Å². The molecule has 0 aliphatic carbocycles. The summed E-state index contributed by atoms with van der Waals surface area (Å²) in [7, 11) is -3.18. The van der Waals surface area contributed by atoms with Gasteiger partial charge >= 0.3 is 0 Å². The molecule has 2 rings (SSSR count). The number of likely N-dealkylation sites (tertiary alicyclic amines) is 1. The van der Waals surface area contributed by atoms with E-state index in [0.29, 0.717) is 18.6 Å². The Labute approximate surface area is 121 Å². The number of aliphatic hydroxyl groups is 1. The Morgan fingerprint density at radius 2 is 1.70 bits per heavy atom. The van der Waals surface area contributed by atoms with Gasteiger partial charge in [0.2, 0.25) is 0 Å². The predicted molar refractivity (Wildman–Crippen MR) is 79.4 cm³/mol. The van der Waals surface area contributed by atoms with Crippen molar-refractivity contribution in [2.75, 3.05) is 12.8 Å². The molecule has 4 nitrogen and oxygen atoms in total. The van der Waals surface area contributed by atoms with Crippen LogP contribution >= 0.6 is 0 Å². The zero-order valence-electron chi connectivity index (χ0n) is 12.3. The number of aliphatic hydroxyl groups excluding tert-OH is 1. The second-order valence-corrected chi connectivity index (χ2v) is 7.84. The second-order valence-electron chi connectivity index (χ2n) is 5.83. The minimum absolute atomic E-state index is 0.288. The maximum atomic E-state index is 11.4. The number of benzene rings is 1. The highest BCUT2D eigenvalue weighted by molar-refractivity contribution is 7.90. The summed E-state index contributed by atoms with van der Waals surface area (Å²) >= 11 is 0. The normalized spacial score (nSPS) is 25.8. The molecule has 1 heterocycles. The van der Waals surface area contributed by atoms with Crippen LogP contribution in [0.1, 0.15) is 38.4 Å². The molecule has 0 radical (unpaired) electrons. The van der Waals surface area contributed by atoms with Gasteiger partial charge < -0.3 is 5.11 Å². The van der Waals surface area contributed by atoms with Crippen LogP contribution in [0.25, 0.3) is 0 Å². The molecule has 0 amide bonds. The van der Waals surface area contributed by atoms with Crippen LogP contribution in [0.15, 0.2) is 29.2 Å². The molecule has 1 aliphatic heterocycles. The lowest BCUT2D eigenvalue weighted by Gasteiger charge is -2.28. The summed E-state index contributed by atoms with van der Waals surface area (Å²) in [6.07, 6.45) is 2.94. The highest BCUT2D eigenvalue weighted by atomic mass is 32.2. The third kappa shape index (κ3) is 3.40. The quantitative estimate of drug-likeness (QED) is 0.923. The van der Waals surface area contributed by atoms with E-state index in [1.165, 1.54) is 19.1 Å². The van der Waals surface area contributed by atoms with Gasteiger partial charge in [-0.2, -0.15) is 0 Å². The van der Waals surface area contributed by atoms with Crippen molar-refractivity contribution in [1.82, 2.24) is 4.90 Å². The summed E-state index contributed by atoms with van der Waals surface area (Å²) in [5.41, 5.74) is 0.767. The molecule has 3 atom stereocenters. The standard InChI is InChI=1S/C15H23NO3S/c1-11-4-5-12(2)16(11)10-15(17)13-6-8-14(9-7-13)20(3,18)19/h6-9,11-12,15,17H,4-5,10H2,1-3H3. The van der Waals surface area contributed by atoms with Crippen LogP contribution in [-0.2, 0) is 9.84 Å². The van der Waals surface area contributed by atoms with Gasteiger partial charge in [-0.1, -0.05) is 12.1 Å². The summed E-state index contributed by atoms with van der Waals surface area (Å²) in [6.45, 7) is 4.96. The average molecular weight is 297 g/mol. The van der Waals surface area contributed by atoms with E-state index in [1.807, 2.05) is 0 Å². The Bertz CT molecular complexity index is 543. The van der Waals surface area contributed by atoms with Crippen LogP contribution in [0, 0.1) is 0 Å². The van der Waals surface area contributed by atoms with E-state index in [1.54, 1.807) is 24.3 Å². The van der Waals surface area contributed by atoms with Crippen LogP contribution in [0.2, 0.25) is 0 Å². The van der Waals surface area contributed by atoms with Crippen molar-refractivity contribution in [3.05, 3.63) is 29.8 Å². The van der Waals surface area contributed by atoms with Crippen molar-refractivity contribution in [2.24, 2.45) is 0 Å². The van der Waals surface area contributed by atoms with E-state index in [9.17, 15) is 13.5 Å². The molecule has 1 aromatic rings. The molecule has 1 N–H and O–H groups in total. The highest BCUT2D eigenvalue weighted by Gasteiger charge is 2.29. The van der Waals surface area contributed by atoms with Crippen LogP contribution in [-0.4, -0.2) is 43.3 Å². The van der Waals surface area contributed by atoms with E-state index in [0.717, 1.165) is 5.56 Å². The minimum atomic E-state index is -3.18. The molecule has 3 unspecified atom stereocenters. The Kier molecular flexibility index (Phi) is 4.52. The summed E-state index contributed by atoms with van der Waals surface area (Å²) in [5.74, 6) is 0. The van der Waals surface area contributed by atoms with Crippen LogP contribution in [0.5, 0.6) is 0 Å². The van der Waals surface area contributed by atoms with E-state index < -0.39 is 15.9 Å². The highest BCUT2D eigenvalue weighted by Crippen LogP contribution is 2.26. The number of nitrogens with zero attached hydrogens (tertiary/aromatic N) is 1. The van der Waals surface area contributed by atoms with Gasteiger partial charge in [-0.25, -0.2) is 8.42 Å². The van der Waals surface area contributed by atoms with Gasteiger partial charge in [0.05, 0.1) is 11.0 Å². The molecule has 0 spiro atoms. The molecule has 1 aliphatic rings. The van der Waals surface area contributed by atoms with Gasteiger partial charge in [0, 0.05) is 24.9 Å². The summed E-state index contributed by atoms with van der Waals surface area (Å²) in [4.78, 5) is 2.60. The molecule has 0 aromatic heterocycles. The average Bonchev–Trinajstić information content (AvgIpc) is 2.69. The van der Waals surface area contributed by atoms with Crippen molar-refractivity contribution >= 4 is 9.84 Å². The molecular weight excluding hydrogens is 274 g/mol. The van der Waals surface area contributed by atoms with Crippen molar-refractivity contribution in [2.45, 2.75) is 49.8 Å². The second kappa shape index (κ2) is 5.84. The first kappa shape index (κ1) is 15.5. The number of hydrogen-bond acceptors (Lipinski definition) is 4. The Hall–Kier alpha value is -0.910. The molecule has 1 saturated heterocycles. The van der Waals surface area contributed by atoms with Gasteiger partial charge in [-0.3, -0.25) is 4.90 Å². The van der Waals surface area contributed by atoms with Gasteiger partial charge in [-0.05, 0) is 44.4 Å². The maximum Gasteiger partial charge on any atom is 0.175 e. The van der Waals surface area contributed by atoms with Crippen LogP contribution in [0.4, 0.5) is 0 Å². The third-order valence-electron chi connectivity index (χ3n) is 4.21. The smallest absolute Gasteiger partial charge is 0.175 e. The molecular formula is C15H23NO3S. The molecule has 20 heavy (non-hydrogen) atoms. The first-order chi connectivity index (χ1) is 9.29. The Morgan fingerprint density at radius 1 is 1.20 bits per heavy atom. The Balaban J connectivity index is 2.08. The van der Waals surface area contributed by atoms with Crippen molar-refractivity contribution in [3.63, 3.8) is 0 Å². The molecule has 5 heteroatoms.